The van der Waals surface area contributed by atoms with Crippen LogP contribution in [-0.2, 0) is 22.4 Å². The van der Waals surface area contributed by atoms with Gasteiger partial charge in [-0.15, -0.1) is 0 Å². The molecule has 0 amide bonds. The summed E-state index contributed by atoms with van der Waals surface area (Å²) < 4.78 is 29.0. The van der Waals surface area contributed by atoms with Crippen molar-refractivity contribution >= 4 is 57.2 Å². The van der Waals surface area contributed by atoms with Gasteiger partial charge in [-0.3, -0.25) is 9.59 Å². The number of hydrogen-bond donors (Lipinski definition) is 4. The normalized spacial score (nSPS) is 26.2. The number of carboxylic acid groups (broad SMARTS) is 2. The lowest BCUT2D eigenvalue weighted by molar-refractivity contribution is -0.146. The first-order valence-corrected chi connectivity index (χ1v) is 19.5. The molecule has 4 fully saturated rings. The maximum absolute atomic E-state index is 14.5. The van der Waals surface area contributed by atoms with Gasteiger partial charge in [0.25, 0.3) is 0 Å². The third kappa shape index (κ3) is 6.55. The molecule has 0 radical (unpaired) electrons. The molecule has 56 heavy (non-hydrogen) atoms. The molecule has 16 heteroatoms. The van der Waals surface area contributed by atoms with Gasteiger partial charge in [0.05, 0.1) is 45.7 Å². The van der Waals surface area contributed by atoms with Crippen molar-refractivity contribution in [3.8, 4) is 22.8 Å². The number of aromatic nitrogens is 8. The molecule has 0 spiro atoms. The number of fused-ring (bicyclic) bond motifs is 6. The number of halogens is 4. The van der Waals surface area contributed by atoms with Crippen molar-refractivity contribution in [1.82, 2.24) is 39.9 Å². The first-order valence-electron chi connectivity index (χ1n) is 18.8. The van der Waals surface area contributed by atoms with E-state index in [1.165, 1.54) is 0 Å². The zero-order valence-corrected chi connectivity index (χ0v) is 31.3. The molecule has 0 aliphatic heterocycles. The Kier molecular flexibility index (Phi) is 9.43. The fourth-order valence-corrected chi connectivity index (χ4v) is 10.6. The van der Waals surface area contributed by atoms with Crippen LogP contribution in [0.1, 0.15) is 49.9 Å². The fraction of sp³-hybridized carbons (Fsp3) is 0.400. The van der Waals surface area contributed by atoms with Crippen molar-refractivity contribution in [3.05, 3.63) is 82.4 Å². The number of aliphatic carboxylic acids is 2. The number of aromatic amines is 2. The molecule has 0 aromatic carbocycles. The topological polar surface area (TPSA) is 184 Å². The third-order valence-corrected chi connectivity index (χ3v) is 13.1. The van der Waals surface area contributed by atoms with Gasteiger partial charge in [-0.05, 0) is 99.0 Å². The highest BCUT2D eigenvalue weighted by Gasteiger charge is 2.52. The molecule has 4 saturated carbocycles. The fourth-order valence-electron chi connectivity index (χ4n) is 10.3. The van der Waals surface area contributed by atoms with Gasteiger partial charge in [0.15, 0.2) is 23.3 Å². The van der Waals surface area contributed by atoms with Crippen molar-refractivity contribution in [2.75, 3.05) is 0 Å². The van der Waals surface area contributed by atoms with Gasteiger partial charge in [-0.1, -0.05) is 23.2 Å². The Bertz CT molecular complexity index is 2340. The van der Waals surface area contributed by atoms with Crippen LogP contribution in [0, 0.1) is 59.0 Å². The van der Waals surface area contributed by atoms with Crippen LogP contribution in [0.2, 0.25) is 10.0 Å². The van der Waals surface area contributed by atoms with Crippen molar-refractivity contribution in [2.24, 2.45) is 47.3 Å². The summed E-state index contributed by atoms with van der Waals surface area (Å²) in [5.74, 6) is -1.67. The van der Waals surface area contributed by atoms with Crippen LogP contribution in [0.25, 0.3) is 44.8 Å². The quantitative estimate of drug-likeness (QED) is 0.117. The lowest BCUT2D eigenvalue weighted by atomic mass is 9.77. The van der Waals surface area contributed by atoms with E-state index in [2.05, 4.69) is 39.9 Å². The minimum Gasteiger partial charge on any atom is -0.481 e. The first kappa shape index (κ1) is 36.6. The molecule has 4 N–H and O–H groups in total. The highest BCUT2D eigenvalue weighted by Crippen LogP contribution is 2.54. The number of rotatable bonds is 8. The maximum Gasteiger partial charge on any atom is 0.307 e. The van der Waals surface area contributed by atoms with E-state index in [9.17, 15) is 28.6 Å². The Morgan fingerprint density at radius 1 is 0.643 bits per heavy atom. The summed E-state index contributed by atoms with van der Waals surface area (Å²) in [7, 11) is 0. The molecule has 4 bridgehead atoms. The van der Waals surface area contributed by atoms with Gasteiger partial charge in [-0.25, -0.2) is 38.7 Å². The van der Waals surface area contributed by atoms with Crippen LogP contribution in [-0.4, -0.2) is 62.0 Å². The van der Waals surface area contributed by atoms with E-state index >= 15 is 0 Å². The molecule has 4 aliphatic rings. The number of hydrogen-bond acceptors (Lipinski definition) is 8. The second kappa shape index (κ2) is 14.5. The Balaban J connectivity index is 0.000000146. The molecule has 288 valence electrons. The van der Waals surface area contributed by atoms with Crippen molar-refractivity contribution < 1.29 is 28.6 Å². The SMILES string of the molecule is O=C(O)[C@@H]1C2CC[C@@H](C2)C1Cc1nc(-c2c[nH]c3ncc(Cl)cc23)ncc1F.O=C(O)[C@H]1C2CC[C@@H](C2)C1Cc1nc(-c2c[nH]c3ncc(Cl)cc23)ncc1F. The molecule has 0 saturated heterocycles. The summed E-state index contributed by atoms with van der Waals surface area (Å²) in [4.78, 5) is 55.3. The monoisotopic (exact) mass is 800 g/mol. The van der Waals surface area contributed by atoms with Gasteiger partial charge in [0, 0.05) is 46.7 Å². The largest absolute Gasteiger partial charge is 0.481 e. The first-order chi connectivity index (χ1) is 27.0. The molecule has 6 heterocycles. The molecular formula is C40H36Cl2F2N8O4. The predicted molar refractivity (Wildman–Crippen MR) is 202 cm³/mol. The van der Waals surface area contributed by atoms with E-state index in [1.807, 2.05) is 0 Å². The number of pyridine rings is 2. The van der Waals surface area contributed by atoms with Crippen LogP contribution in [0.3, 0.4) is 0 Å². The van der Waals surface area contributed by atoms with Gasteiger partial charge in [-0.2, -0.15) is 0 Å². The predicted octanol–water partition coefficient (Wildman–Crippen LogP) is 8.20. The molecule has 10 rings (SSSR count). The molecule has 4 unspecified atom stereocenters. The highest BCUT2D eigenvalue weighted by molar-refractivity contribution is 6.31. The van der Waals surface area contributed by atoms with Crippen molar-refractivity contribution in [2.45, 2.75) is 51.4 Å². The Morgan fingerprint density at radius 3 is 1.46 bits per heavy atom. The van der Waals surface area contributed by atoms with E-state index in [0.717, 1.165) is 61.7 Å². The lowest BCUT2D eigenvalue weighted by Gasteiger charge is -2.27. The van der Waals surface area contributed by atoms with Crippen LogP contribution in [0.4, 0.5) is 8.78 Å². The smallest absolute Gasteiger partial charge is 0.307 e. The molecule has 4 aliphatic carbocycles. The maximum atomic E-state index is 14.5. The van der Waals surface area contributed by atoms with Gasteiger partial charge >= 0.3 is 11.9 Å². The van der Waals surface area contributed by atoms with E-state index < -0.39 is 35.4 Å². The van der Waals surface area contributed by atoms with Crippen LogP contribution in [0.5, 0.6) is 0 Å². The molecule has 6 aromatic heterocycles. The summed E-state index contributed by atoms with van der Waals surface area (Å²) in [5.41, 5.74) is 3.22. The van der Waals surface area contributed by atoms with Crippen LogP contribution in [0.15, 0.2) is 49.3 Å². The molecule has 6 aromatic rings. The van der Waals surface area contributed by atoms with Crippen LogP contribution >= 0.6 is 23.2 Å². The second-order valence-electron chi connectivity index (χ2n) is 15.6. The summed E-state index contributed by atoms with van der Waals surface area (Å²) >= 11 is 12.1. The number of carbonyl (C=O) groups is 2. The van der Waals surface area contributed by atoms with E-state index in [1.54, 1.807) is 36.9 Å². The zero-order chi connectivity index (χ0) is 38.8. The number of carboxylic acids is 2. The zero-order valence-electron chi connectivity index (χ0n) is 29.8. The van der Waals surface area contributed by atoms with E-state index in [4.69, 9.17) is 23.2 Å². The summed E-state index contributed by atoms with van der Waals surface area (Å²) in [6.45, 7) is 0. The summed E-state index contributed by atoms with van der Waals surface area (Å²) in [6.07, 6.45) is 15.3. The minimum atomic E-state index is -0.774. The molecule has 8 atom stereocenters. The second-order valence-corrected chi connectivity index (χ2v) is 16.5. The standard InChI is InChI=1S/2C20H18ClFN4O2/c2*21-11-4-13-14(7-24-18(13)23-6-11)19-25-8-15(22)16(26-19)5-12-9-1-2-10(3-9)17(12)20(27)28/h2*4,6-10,12,17H,1-3,5H2,(H,23,24)(H,27,28)/t9-,10?,12?,17+;9-,10?,12?,17-/m00/s1. The minimum absolute atomic E-state index is 0.0763. The average molecular weight is 802 g/mol. The third-order valence-electron chi connectivity index (χ3n) is 12.7. The Morgan fingerprint density at radius 2 is 1.05 bits per heavy atom. The van der Waals surface area contributed by atoms with E-state index in [0.29, 0.717) is 68.8 Å². The number of H-pyrrole nitrogens is 2. The summed E-state index contributed by atoms with van der Waals surface area (Å²) in [6, 6.07) is 3.52. The highest BCUT2D eigenvalue weighted by atomic mass is 35.5. The van der Waals surface area contributed by atoms with Gasteiger partial charge < -0.3 is 20.2 Å². The summed E-state index contributed by atoms with van der Waals surface area (Å²) in [5, 5.41) is 21.8. The van der Waals surface area contributed by atoms with E-state index in [-0.39, 0.29) is 35.1 Å². The Labute approximate surface area is 328 Å². The van der Waals surface area contributed by atoms with Crippen molar-refractivity contribution in [3.63, 3.8) is 0 Å². The average Bonchev–Trinajstić information content (AvgIpc) is 4.04. The number of nitrogens with one attached hydrogen (secondary N) is 2. The van der Waals surface area contributed by atoms with Crippen LogP contribution < -0.4 is 0 Å². The van der Waals surface area contributed by atoms with Gasteiger partial charge in [0.2, 0.25) is 0 Å². The van der Waals surface area contributed by atoms with Gasteiger partial charge in [0.1, 0.15) is 11.3 Å². The lowest BCUT2D eigenvalue weighted by Crippen LogP contribution is -2.31. The Hall–Kier alpha value is -5.08. The molecular weight excluding hydrogens is 765 g/mol. The number of nitrogens with zero attached hydrogens (tertiary/aromatic N) is 6. The molecule has 12 nitrogen and oxygen atoms in total. The van der Waals surface area contributed by atoms with Crippen molar-refractivity contribution in [1.29, 1.82) is 0 Å².